The molecule has 0 fully saturated rings. The van der Waals surface area contributed by atoms with Crippen molar-refractivity contribution in [3.05, 3.63) is 107 Å². The molecule has 28 heteroatoms. The maximum Gasteiger partial charge on any atom is 0.460 e. The topological polar surface area (TPSA) is 70.5 Å². The van der Waals surface area contributed by atoms with E-state index in [-0.39, 0.29) is 48.5 Å². The molecule has 0 saturated carbocycles. The van der Waals surface area contributed by atoms with Gasteiger partial charge in [0.05, 0.1) is 11.1 Å². The van der Waals surface area contributed by atoms with Gasteiger partial charge in [-0.25, -0.2) is 0 Å². The second-order valence-electron chi connectivity index (χ2n) is 12.9. The van der Waals surface area contributed by atoms with Gasteiger partial charge in [-0.05, 0) is 71.8 Å². The molecule has 0 aliphatic heterocycles. The number of hydrogen-bond acceptors (Lipinski definition) is 4. The van der Waals surface area contributed by atoms with Gasteiger partial charge in [-0.3, -0.25) is 0 Å². The highest BCUT2D eigenvalue weighted by Gasteiger charge is 2.83. The Labute approximate surface area is 333 Å². The summed E-state index contributed by atoms with van der Waals surface area (Å²) in [6.07, 6.45) is -27.2. The highest BCUT2D eigenvalue weighted by molar-refractivity contribution is 5.56. The molecule has 348 valence electrons. The molecule has 4 nitrogen and oxygen atoms in total. The summed E-state index contributed by atoms with van der Waals surface area (Å²) in [4.78, 5) is 0. The zero-order chi connectivity index (χ0) is 48.6. The molecule has 63 heavy (non-hydrogen) atoms. The molecule has 0 aliphatic rings. The Morgan fingerprint density at radius 1 is 0.302 bits per heavy atom. The van der Waals surface area contributed by atoms with Gasteiger partial charge < -0.3 is 20.9 Å². The number of rotatable bonds is 12. The van der Waals surface area contributed by atoms with Crippen LogP contribution in [-0.2, 0) is 17.3 Å². The lowest BCUT2D eigenvalue weighted by atomic mass is 9.73. The number of ether oxygens (including phenoxy) is 2. The third kappa shape index (κ3) is 8.00. The van der Waals surface area contributed by atoms with E-state index in [0.29, 0.717) is 36.4 Å². The minimum atomic E-state index is -7.36. The van der Waals surface area contributed by atoms with Gasteiger partial charge in [-0.1, -0.05) is 24.3 Å². The standard InChI is InChI=1S/C35H18F24N2O2/c36-26(37,28(40,41)30(44,45)34(54,55)56)21-13-19(9-11-23(21)60)62-17-5-1-15(2-6-17)25(32(48,49)50,33(51,52)53)16-3-7-18(8-4-16)63-20-10-12-24(61)22(14-20)27(38,39)29(42,43)31(46,47)35(57,58)59/h1-14H,60-61H2. The number of anilines is 2. The molecule has 0 aliphatic carbocycles. The van der Waals surface area contributed by atoms with Crippen LogP contribution >= 0.6 is 0 Å². The summed E-state index contributed by atoms with van der Waals surface area (Å²) in [5, 5.41) is 0. The number of hydrogen-bond donors (Lipinski definition) is 2. The summed E-state index contributed by atoms with van der Waals surface area (Å²) in [6, 6.07) is 2.37. The van der Waals surface area contributed by atoms with E-state index in [1.165, 1.54) is 0 Å². The first-order chi connectivity index (χ1) is 28.1. The Hall–Kier alpha value is -5.60. The van der Waals surface area contributed by atoms with Crippen LogP contribution in [0.2, 0.25) is 0 Å². The largest absolute Gasteiger partial charge is 0.460 e. The van der Waals surface area contributed by atoms with Crippen LogP contribution in [0.1, 0.15) is 22.3 Å². The summed E-state index contributed by atoms with van der Waals surface area (Å²) in [5.41, 5.74) is -6.05. The molecule has 4 aromatic carbocycles. The Morgan fingerprint density at radius 3 is 0.794 bits per heavy atom. The minimum Gasteiger partial charge on any atom is -0.457 e. The first-order valence-electron chi connectivity index (χ1n) is 16.0. The fraction of sp³-hybridized carbons (Fsp3) is 0.314. The van der Waals surface area contributed by atoms with E-state index in [1.807, 2.05) is 0 Å². The molecule has 0 spiro atoms. The number of alkyl halides is 24. The molecule has 0 saturated heterocycles. The van der Waals surface area contributed by atoms with Gasteiger partial charge >= 0.3 is 60.2 Å². The number of nitrogen functional groups attached to an aromatic ring is 2. The van der Waals surface area contributed by atoms with Crippen LogP contribution in [0.25, 0.3) is 0 Å². The van der Waals surface area contributed by atoms with E-state index < -0.39 is 122 Å². The monoisotopic (exact) mass is 954 g/mol. The van der Waals surface area contributed by atoms with Crippen LogP contribution in [0.15, 0.2) is 84.9 Å². The third-order valence-corrected chi connectivity index (χ3v) is 8.91. The molecule has 0 amide bonds. The Balaban J connectivity index is 1.71. The predicted molar refractivity (Wildman–Crippen MR) is 167 cm³/mol. The van der Waals surface area contributed by atoms with Gasteiger partial charge in [0.25, 0.3) is 0 Å². The normalized spacial score (nSPS) is 14.5. The summed E-state index contributed by atoms with van der Waals surface area (Å²) in [6.45, 7) is 0. The maximum atomic E-state index is 14.7. The molecule has 0 atom stereocenters. The fourth-order valence-corrected chi connectivity index (χ4v) is 5.63. The molecule has 4 N–H and O–H groups in total. The molecule has 0 radical (unpaired) electrons. The Kier molecular flexibility index (Phi) is 12.1. The van der Waals surface area contributed by atoms with Gasteiger partial charge in [0.2, 0.25) is 5.41 Å². The van der Waals surface area contributed by atoms with Crippen LogP contribution in [0, 0.1) is 0 Å². The lowest BCUT2D eigenvalue weighted by Crippen LogP contribution is -2.59. The number of benzene rings is 4. The summed E-state index contributed by atoms with van der Waals surface area (Å²) in [7, 11) is 0. The van der Waals surface area contributed by atoms with Gasteiger partial charge in [0.15, 0.2) is 0 Å². The average molecular weight is 954 g/mol. The molecular weight excluding hydrogens is 936 g/mol. The van der Waals surface area contributed by atoms with Gasteiger partial charge in [0, 0.05) is 11.4 Å². The van der Waals surface area contributed by atoms with Gasteiger partial charge in [-0.15, -0.1) is 0 Å². The molecular formula is C35H18F24N2O2. The first-order valence-corrected chi connectivity index (χ1v) is 16.0. The maximum absolute atomic E-state index is 14.7. The molecule has 4 rings (SSSR count). The van der Waals surface area contributed by atoms with Crippen LogP contribution in [0.5, 0.6) is 23.0 Å². The molecule has 0 aromatic heterocycles. The van der Waals surface area contributed by atoms with Crippen molar-refractivity contribution in [2.75, 3.05) is 11.5 Å². The average Bonchev–Trinajstić information content (AvgIpc) is 3.12. The minimum absolute atomic E-state index is 0.0692. The van der Waals surface area contributed by atoms with Crippen molar-refractivity contribution >= 4 is 11.4 Å². The van der Waals surface area contributed by atoms with Gasteiger partial charge in [0.1, 0.15) is 23.0 Å². The van der Waals surface area contributed by atoms with Gasteiger partial charge in [-0.2, -0.15) is 105 Å². The summed E-state index contributed by atoms with van der Waals surface area (Å²) < 4.78 is 342. The second kappa shape index (κ2) is 15.3. The Morgan fingerprint density at radius 2 is 0.556 bits per heavy atom. The lowest BCUT2D eigenvalue weighted by molar-refractivity contribution is -0.399. The quantitative estimate of drug-likeness (QED) is 0.110. The van der Waals surface area contributed by atoms with Crippen molar-refractivity contribution in [2.45, 2.75) is 65.7 Å². The lowest BCUT2D eigenvalue weighted by Gasteiger charge is -2.38. The first kappa shape index (κ1) is 50.0. The van der Waals surface area contributed by atoms with E-state index in [1.54, 1.807) is 0 Å². The van der Waals surface area contributed by atoms with Crippen molar-refractivity contribution in [1.82, 2.24) is 0 Å². The van der Waals surface area contributed by atoms with E-state index in [0.717, 1.165) is 0 Å². The number of halogens is 24. The summed E-state index contributed by atoms with van der Waals surface area (Å²) in [5.74, 6) is -46.1. The van der Waals surface area contributed by atoms with Crippen LogP contribution in [-0.4, -0.2) is 48.4 Å². The highest BCUT2D eigenvalue weighted by Crippen LogP contribution is 2.60. The predicted octanol–water partition coefficient (Wildman–Crippen LogP) is 13.7. The number of nitrogens with two attached hydrogens (primary N) is 2. The molecule has 0 heterocycles. The smallest absolute Gasteiger partial charge is 0.457 e. The van der Waals surface area contributed by atoms with Crippen molar-refractivity contribution in [3.63, 3.8) is 0 Å². The molecule has 0 bridgehead atoms. The summed E-state index contributed by atoms with van der Waals surface area (Å²) >= 11 is 0. The van der Waals surface area contributed by atoms with Crippen LogP contribution in [0.4, 0.5) is 117 Å². The Bertz CT molecular complexity index is 2120. The zero-order valence-corrected chi connectivity index (χ0v) is 29.6. The van der Waals surface area contributed by atoms with Crippen molar-refractivity contribution < 1.29 is 115 Å². The fourth-order valence-electron chi connectivity index (χ4n) is 5.63. The molecule has 4 aromatic rings. The molecule has 0 unspecified atom stereocenters. The highest BCUT2D eigenvalue weighted by atomic mass is 19.4. The second-order valence-corrected chi connectivity index (χ2v) is 12.9. The van der Waals surface area contributed by atoms with E-state index in [2.05, 4.69) is 0 Å². The van der Waals surface area contributed by atoms with E-state index in [4.69, 9.17) is 20.9 Å². The third-order valence-electron chi connectivity index (χ3n) is 8.91. The van der Waals surface area contributed by atoms with Crippen molar-refractivity contribution in [3.8, 4) is 23.0 Å². The van der Waals surface area contributed by atoms with E-state index >= 15 is 0 Å². The zero-order valence-electron chi connectivity index (χ0n) is 29.6. The van der Waals surface area contributed by atoms with Crippen molar-refractivity contribution in [2.24, 2.45) is 0 Å². The van der Waals surface area contributed by atoms with Crippen LogP contribution in [0.3, 0.4) is 0 Å². The van der Waals surface area contributed by atoms with Crippen LogP contribution < -0.4 is 20.9 Å². The van der Waals surface area contributed by atoms with E-state index in [9.17, 15) is 105 Å². The van der Waals surface area contributed by atoms with Crippen molar-refractivity contribution in [1.29, 1.82) is 0 Å². The SMILES string of the molecule is Nc1ccc(Oc2ccc(C(c3ccc(Oc4ccc(N)c(C(F)(F)C(F)(F)C(F)(F)C(F)(F)F)c4)cc3)(C(F)(F)F)C(F)(F)F)cc2)cc1C(F)(F)C(F)(F)C(F)(F)C(F)(F)F.